The summed E-state index contributed by atoms with van der Waals surface area (Å²) in [6.07, 6.45) is 6.32. The Balaban J connectivity index is 1.84. The molecule has 2 rings (SSSR count). The van der Waals surface area contributed by atoms with Gasteiger partial charge in [0.2, 0.25) is 0 Å². The van der Waals surface area contributed by atoms with Crippen LogP contribution in [0.1, 0.15) is 53.7 Å². The fraction of sp³-hybridized carbons (Fsp3) is 0.643. The lowest BCUT2D eigenvalue weighted by Crippen LogP contribution is -2.38. The number of carbonyl (C=O) groups excluding carboxylic acids is 1. The Hall–Kier alpha value is -1.43. The van der Waals surface area contributed by atoms with Crippen molar-refractivity contribution in [2.45, 2.75) is 51.5 Å². The minimum absolute atomic E-state index is 0.0800. The number of aliphatic carboxylic acids is 1. The molecule has 0 atom stereocenters. The maximum absolute atomic E-state index is 12.1. The molecule has 0 aliphatic heterocycles. The highest BCUT2D eigenvalue weighted by Gasteiger charge is 2.27. The van der Waals surface area contributed by atoms with Gasteiger partial charge in [-0.25, -0.2) is 4.98 Å². The van der Waals surface area contributed by atoms with E-state index in [1.165, 1.54) is 11.3 Å². The van der Waals surface area contributed by atoms with Crippen molar-refractivity contribution in [3.8, 4) is 0 Å². The van der Waals surface area contributed by atoms with Crippen LogP contribution in [0.4, 0.5) is 0 Å². The minimum atomic E-state index is -0.721. The van der Waals surface area contributed by atoms with Gasteiger partial charge >= 0.3 is 5.97 Å². The highest BCUT2D eigenvalue weighted by atomic mass is 32.1. The number of hydrogen-bond acceptors (Lipinski definition) is 4. The molecule has 0 unspecified atom stereocenters. The fourth-order valence-corrected chi connectivity index (χ4v) is 3.41. The van der Waals surface area contributed by atoms with Crippen LogP contribution in [-0.4, -0.2) is 28.0 Å². The van der Waals surface area contributed by atoms with Crippen molar-refractivity contribution < 1.29 is 14.7 Å². The highest BCUT2D eigenvalue weighted by Crippen LogP contribution is 2.25. The molecule has 1 aliphatic rings. The van der Waals surface area contributed by atoms with Crippen molar-refractivity contribution in [2.24, 2.45) is 5.92 Å². The zero-order chi connectivity index (χ0) is 14.5. The maximum atomic E-state index is 12.1. The molecule has 0 radical (unpaired) electrons. The number of nitrogens with one attached hydrogen (secondary N) is 1. The third-order valence-electron chi connectivity index (χ3n) is 3.65. The van der Waals surface area contributed by atoms with Crippen molar-refractivity contribution in [3.63, 3.8) is 0 Å². The van der Waals surface area contributed by atoms with Crippen molar-refractivity contribution >= 4 is 23.2 Å². The molecule has 1 heterocycles. The van der Waals surface area contributed by atoms with Gasteiger partial charge in [-0.3, -0.25) is 9.59 Å². The van der Waals surface area contributed by atoms with Crippen molar-refractivity contribution in [3.05, 3.63) is 16.1 Å². The van der Waals surface area contributed by atoms with Gasteiger partial charge in [-0.1, -0.05) is 6.92 Å². The molecule has 5 nitrogen and oxygen atoms in total. The zero-order valence-corrected chi connectivity index (χ0v) is 12.4. The van der Waals surface area contributed by atoms with E-state index in [9.17, 15) is 9.59 Å². The predicted molar refractivity (Wildman–Crippen MR) is 77.0 cm³/mol. The van der Waals surface area contributed by atoms with Gasteiger partial charge in [0.25, 0.3) is 5.91 Å². The summed E-state index contributed by atoms with van der Waals surface area (Å²) in [5.74, 6) is -1.05. The molecule has 0 saturated heterocycles. The quantitative estimate of drug-likeness (QED) is 0.875. The summed E-state index contributed by atoms with van der Waals surface area (Å²) in [6.45, 7) is 2.09. The molecule has 0 bridgehead atoms. The number of rotatable bonds is 5. The van der Waals surface area contributed by atoms with Crippen LogP contribution in [0.2, 0.25) is 0 Å². The molecule has 0 spiro atoms. The van der Waals surface area contributed by atoms with E-state index in [-0.39, 0.29) is 17.9 Å². The molecule has 0 aromatic carbocycles. The molecule has 1 aromatic rings. The number of hydrogen-bond donors (Lipinski definition) is 2. The van der Waals surface area contributed by atoms with Gasteiger partial charge in [0.15, 0.2) is 0 Å². The van der Waals surface area contributed by atoms with Gasteiger partial charge in [-0.15, -0.1) is 11.3 Å². The van der Waals surface area contributed by atoms with E-state index < -0.39 is 5.97 Å². The average Bonchev–Trinajstić information content (AvgIpc) is 2.88. The number of nitrogens with zero attached hydrogens (tertiary/aromatic N) is 1. The number of carboxylic acids is 1. The standard InChI is InChI=1S/C14H20N2O3S/c1-2-3-12-15-8-11(20-12)13(17)16-10-6-4-9(5-7-10)14(18)19/h8-10H,2-7H2,1H3,(H,16,17)(H,18,19). The van der Waals surface area contributed by atoms with Crippen molar-refractivity contribution in [1.29, 1.82) is 0 Å². The molecular weight excluding hydrogens is 276 g/mol. The Labute approximate surface area is 122 Å². The number of aromatic nitrogens is 1. The molecule has 1 amide bonds. The van der Waals surface area contributed by atoms with Crippen molar-refractivity contribution in [1.82, 2.24) is 10.3 Å². The summed E-state index contributed by atoms with van der Waals surface area (Å²) in [4.78, 5) is 27.8. The van der Waals surface area contributed by atoms with Crippen molar-refractivity contribution in [2.75, 3.05) is 0 Å². The largest absolute Gasteiger partial charge is 0.481 e. The van der Waals surface area contributed by atoms with Gasteiger partial charge < -0.3 is 10.4 Å². The summed E-state index contributed by atoms with van der Waals surface area (Å²) in [5.41, 5.74) is 0. The van der Waals surface area contributed by atoms with E-state index in [1.54, 1.807) is 6.20 Å². The maximum Gasteiger partial charge on any atom is 0.306 e. The number of carboxylic acid groups (broad SMARTS) is 1. The molecule has 110 valence electrons. The van der Waals surface area contributed by atoms with E-state index in [0.717, 1.165) is 30.7 Å². The van der Waals surface area contributed by atoms with Gasteiger partial charge in [0.1, 0.15) is 4.88 Å². The van der Waals surface area contributed by atoms with E-state index in [0.29, 0.717) is 17.7 Å². The smallest absolute Gasteiger partial charge is 0.306 e. The Morgan fingerprint density at radius 2 is 2.10 bits per heavy atom. The third-order valence-corrected chi connectivity index (χ3v) is 4.71. The van der Waals surface area contributed by atoms with Crippen LogP contribution < -0.4 is 5.32 Å². The second-order valence-corrected chi connectivity index (χ2v) is 6.34. The van der Waals surface area contributed by atoms with E-state index >= 15 is 0 Å². The lowest BCUT2D eigenvalue weighted by atomic mass is 9.86. The first kappa shape index (κ1) is 15.0. The van der Waals surface area contributed by atoms with E-state index in [2.05, 4.69) is 17.2 Å². The lowest BCUT2D eigenvalue weighted by Gasteiger charge is -2.26. The Morgan fingerprint density at radius 3 is 2.70 bits per heavy atom. The summed E-state index contributed by atoms with van der Waals surface area (Å²) in [5, 5.41) is 12.9. The predicted octanol–water partition coefficient (Wildman–Crippen LogP) is 2.47. The number of carbonyl (C=O) groups is 2. The third kappa shape index (κ3) is 3.79. The van der Waals surface area contributed by atoms with Gasteiger partial charge in [-0.2, -0.15) is 0 Å². The summed E-state index contributed by atoms with van der Waals surface area (Å²) in [6, 6.07) is 0.0924. The first-order chi connectivity index (χ1) is 9.60. The zero-order valence-electron chi connectivity index (χ0n) is 11.6. The second kappa shape index (κ2) is 6.83. The van der Waals surface area contributed by atoms with Gasteiger partial charge in [0, 0.05) is 6.04 Å². The normalized spacial score (nSPS) is 22.4. The van der Waals surface area contributed by atoms with Gasteiger partial charge in [0.05, 0.1) is 17.1 Å². The molecular formula is C14H20N2O3S. The molecule has 2 N–H and O–H groups in total. The van der Waals surface area contributed by atoms with Crippen LogP contribution >= 0.6 is 11.3 Å². The lowest BCUT2D eigenvalue weighted by molar-refractivity contribution is -0.142. The summed E-state index contributed by atoms with van der Waals surface area (Å²) >= 11 is 1.44. The monoisotopic (exact) mass is 296 g/mol. The molecule has 6 heteroatoms. The number of aryl methyl sites for hydroxylation is 1. The minimum Gasteiger partial charge on any atom is -0.481 e. The van der Waals surface area contributed by atoms with E-state index in [1.807, 2.05) is 0 Å². The average molecular weight is 296 g/mol. The van der Waals surface area contributed by atoms with E-state index in [4.69, 9.17) is 5.11 Å². The Bertz CT molecular complexity index is 479. The number of thiazole rings is 1. The highest BCUT2D eigenvalue weighted by molar-refractivity contribution is 7.13. The topological polar surface area (TPSA) is 79.3 Å². The van der Waals surface area contributed by atoms with Gasteiger partial charge in [-0.05, 0) is 38.5 Å². The van der Waals surface area contributed by atoms with Crippen LogP contribution in [-0.2, 0) is 11.2 Å². The van der Waals surface area contributed by atoms with Crippen LogP contribution in [0, 0.1) is 5.92 Å². The molecule has 1 aromatic heterocycles. The van der Waals surface area contributed by atoms with Crippen LogP contribution in [0.5, 0.6) is 0 Å². The Kier molecular flexibility index (Phi) is 5.11. The number of amides is 1. The summed E-state index contributed by atoms with van der Waals surface area (Å²) in [7, 11) is 0. The fourth-order valence-electron chi connectivity index (χ4n) is 2.49. The first-order valence-electron chi connectivity index (χ1n) is 7.08. The van der Waals surface area contributed by atoms with Crippen LogP contribution in [0.3, 0.4) is 0 Å². The molecule has 20 heavy (non-hydrogen) atoms. The first-order valence-corrected chi connectivity index (χ1v) is 7.90. The van der Waals surface area contributed by atoms with Crippen LogP contribution in [0.25, 0.3) is 0 Å². The summed E-state index contributed by atoms with van der Waals surface area (Å²) < 4.78 is 0. The SMILES string of the molecule is CCCc1ncc(C(=O)NC2CCC(C(=O)O)CC2)s1. The van der Waals surface area contributed by atoms with Crippen LogP contribution in [0.15, 0.2) is 6.20 Å². The Morgan fingerprint density at radius 1 is 1.40 bits per heavy atom. The molecule has 1 fully saturated rings. The molecule has 1 aliphatic carbocycles. The second-order valence-electron chi connectivity index (χ2n) is 5.23. The molecule has 1 saturated carbocycles.